The van der Waals surface area contributed by atoms with E-state index in [-0.39, 0.29) is 90.1 Å². The molecular formula is C40H60N6O14. The molecular weight excluding hydrogens is 788 g/mol. The highest BCUT2D eigenvalue weighted by Gasteiger charge is 2.38. The Labute approximate surface area is 349 Å². The van der Waals surface area contributed by atoms with Crippen LogP contribution >= 0.6 is 0 Å². The number of benzene rings is 1. The van der Waals surface area contributed by atoms with E-state index in [0.29, 0.717) is 30.0 Å². The molecule has 1 heterocycles. The van der Waals surface area contributed by atoms with Crippen LogP contribution in [0.5, 0.6) is 0 Å². The van der Waals surface area contributed by atoms with Crippen LogP contribution in [0.1, 0.15) is 87.6 Å². The SMILES string of the molecule is CC.Cc1cccc(C(=O)NCCCCC(NCCN(CCN(CCN(CC(=O)O)C(=O)C2CCC(C(=O)ON3C(=O)CCC3=O)CC2)CC(=O)O)CC(=O)O)C(=O)O)c1. The zero-order valence-electron chi connectivity index (χ0n) is 34.6. The molecule has 4 amide bonds. The van der Waals surface area contributed by atoms with E-state index in [0.717, 1.165) is 10.5 Å². The predicted octanol–water partition coefficient (Wildman–Crippen LogP) is 1.06. The van der Waals surface area contributed by atoms with Gasteiger partial charge in [0.05, 0.1) is 19.0 Å². The van der Waals surface area contributed by atoms with Crippen molar-refractivity contribution in [3.63, 3.8) is 0 Å². The van der Waals surface area contributed by atoms with Gasteiger partial charge in [-0.25, -0.2) is 4.79 Å². The van der Waals surface area contributed by atoms with Gasteiger partial charge in [0, 0.05) is 70.1 Å². The van der Waals surface area contributed by atoms with Crippen molar-refractivity contribution in [2.45, 2.75) is 84.6 Å². The third-order valence-electron chi connectivity index (χ3n) is 9.97. The summed E-state index contributed by atoms with van der Waals surface area (Å²) >= 11 is 0. The molecule has 6 N–H and O–H groups in total. The molecule has 1 aromatic rings. The standard InChI is InChI=1S/C38H54N6O14.C2H6/c1-25-5-4-6-28(21-25)35(53)40-14-3-2-7-29(37(55)56)39-15-16-41(22-32(47)48)17-18-42(23-33(49)50)19-20-43(24-34(51)52)36(54)26-8-10-27(11-9-26)38(57)58-44-30(45)12-13-31(44)46;1-2/h4-6,21,26-27,29,39H,2-3,7-20,22-24H2,1H3,(H,40,53)(H,47,48)(H,49,50)(H,51,52)(H,55,56);1-2H3. The molecule has 0 spiro atoms. The van der Waals surface area contributed by atoms with Gasteiger partial charge in [-0.1, -0.05) is 31.5 Å². The van der Waals surface area contributed by atoms with Crippen molar-refractivity contribution in [2.75, 3.05) is 65.4 Å². The molecule has 1 atom stereocenters. The molecule has 0 aromatic heterocycles. The van der Waals surface area contributed by atoms with Gasteiger partial charge in [0.1, 0.15) is 12.6 Å². The van der Waals surface area contributed by atoms with E-state index in [1.165, 1.54) is 9.80 Å². The molecule has 0 radical (unpaired) electrons. The summed E-state index contributed by atoms with van der Waals surface area (Å²) < 4.78 is 0. The van der Waals surface area contributed by atoms with E-state index in [1.807, 2.05) is 26.8 Å². The first kappa shape index (κ1) is 50.7. The molecule has 3 rings (SSSR count). The van der Waals surface area contributed by atoms with E-state index < -0.39 is 85.1 Å². The van der Waals surface area contributed by atoms with E-state index in [9.17, 15) is 63.6 Å². The molecule has 1 aromatic carbocycles. The van der Waals surface area contributed by atoms with Crippen molar-refractivity contribution in [1.82, 2.24) is 30.4 Å². The Balaban J connectivity index is 0.00000610. The Hall–Kier alpha value is -5.47. The third kappa shape index (κ3) is 18.2. The Morgan fingerprint density at radius 2 is 1.30 bits per heavy atom. The Morgan fingerprint density at radius 3 is 1.85 bits per heavy atom. The number of imide groups is 1. The van der Waals surface area contributed by atoms with E-state index in [1.54, 1.807) is 18.2 Å². The summed E-state index contributed by atoms with van der Waals surface area (Å²) in [7, 11) is 0. The van der Waals surface area contributed by atoms with Crippen LogP contribution in [0.25, 0.3) is 0 Å². The minimum absolute atomic E-state index is 0.0283. The van der Waals surface area contributed by atoms with Gasteiger partial charge >= 0.3 is 29.8 Å². The Kier molecular flexibility index (Phi) is 22.5. The zero-order chi connectivity index (χ0) is 44.8. The lowest BCUT2D eigenvalue weighted by Crippen LogP contribution is -2.48. The summed E-state index contributed by atoms with van der Waals surface area (Å²) in [4.78, 5) is 118. The fourth-order valence-electron chi connectivity index (χ4n) is 6.83. The van der Waals surface area contributed by atoms with E-state index in [4.69, 9.17) is 4.84 Å². The number of hydrogen-bond donors (Lipinski definition) is 6. The lowest BCUT2D eigenvalue weighted by Gasteiger charge is -2.32. The number of nitrogens with one attached hydrogen (secondary N) is 2. The molecule has 2 fully saturated rings. The van der Waals surface area contributed by atoms with Crippen LogP contribution in [-0.4, -0.2) is 165 Å². The minimum Gasteiger partial charge on any atom is -0.480 e. The Bertz CT molecular complexity index is 1630. The zero-order valence-corrected chi connectivity index (χ0v) is 34.6. The van der Waals surface area contributed by atoms with Crippen LogP contribution < -0.4 is 10.6 Å². The predicted molar refractivity (Wildman–Crippen MR) is 213 cm³/mol. The second-order valence-electron chi connectivity index (χ2n) is 14.5. The van der Waals surface area contributed by atoms with Crippen LogP contribution in [0.4, 0.5) is 0 Å². The maximum absolute atomic E-state index is 13.5. The molecule has 60 heavy (non-hydrogen) atoms. The number of carboxylic acid groups (broad SMARTS) is 4. The Morgan fingerprint density at radius 1 is 0.750 bits per heavy atom. The van der Waals surface area contributed by atoms with Gasteiger partial charge in [0.2, 0.25) is 5.91 Å². The van der Waals surface area contributed by atoms with Gasteiger partial charge in [0.25, 0.3) is 17.7 Å². The van der Waals surface area contributed by atoms with Crippen molar-refractivity contribution in [3.05, 3.63) is 35.4 Å². The number of carbonyl (C=O) groups is 9. The van der Waals surface area contributed by atoms with E-state index >= 15 is 0 Å². The average Bonchev–Trinajstić information content (AvgIpc) is 3.52. The highest BCUT2D eigenvalue weighted by atomic mass is 16.7. The monoisotopic (exact) mass is 848 g/mol. The van der Waals surface area contributed by atoms with Crippen molar-refractivity contribution in [3.8, 4) is 0 Å². The molecule has 1 unspecified atom stereocenters. The number of carboxylic acids is 4. The number of nitrogens with zero attached hydrogens (tertiary/aromatic N) is 4. The van der Waals surface area contributed by atoms with Crippen molar-refractivity contribution >= 4 is 53.5 Å². The number of hydroxylamine groups is 2. The summed E-state index contributed by atoms with van der Waals surface area (Å²) in [6.07, 6.45) is 2.01. The van der Waals surface area contributed by atoms with E-state index in [2.05, 4.69) is 10.6 Å². The topological polar surface area (TPSA) is 281 Å². The average molecular weight is 849 g/mol. The molecule has 1 aliphatic carbocycles. The smallest absolute Gasteiger partial charge is 0.336 e. The lowest BCUT2D eigenvalue weighted by atomic mass is 9.81. The fourth-order valence-corrected chi connectivity index (χ4v) is 6.83. The second-order valence-corrected chi connectivity index (χ2v) is 14.5. The second kappa shape index (κ2) is 26.6. The number of hydrogen-bond acceptors (Lipinski definition) is 13. The quantitative estimate of drug-likeness (QED) is 0.0562. The molecule has 20 nitrogen and oxygen atoms in total. The third-order valence-corrected chi connectivity index (χ3v) is 9.97. The van der Waals surface area contributed by atoms with Gasteiger partial charge in [-0.15, -0.1) is 5.06 Å². The number of carbonyl (C=O) groups excluding carboxylic acids is 5. The fraction of sp³-hybridized carbons (Fsp3) is 0.625. The largest absolute Gasteiger partial charge is 0.480 e. The number of aryl methyl sites for hydroxylation is 1. The first-order valence-electron chi connectivity index (χ1n) is 20.3. The lowest BCUT2D eigenvalue weighted by molar-refractivity contribution is -0.201. The molecule has 1 saturated heterocycles. The first-order valence-corrected chi connectivity index (χ1v) is 20.3. The van der Waals surface area contributed by atoms with Crippen molar-refractivity contribution < 1.29 is 68.4 Å². The highest BCUT2D eigenvalue weighted by Crippen LogP contribution is 2.31. The normalized spacial score (nSPS) is 16.8. The highest BCUT2D eigenvalue weighted by molar-refractivity contribution is 6.01. The maximum atomic E-state index is 13.5. The summed E-state index contributed by atoms with van der Waals surface area (Å²) in [6.45, 7) is 4.73. The van der Waals surface area contributed by atoms with Crippen molar-refractivity contribution in [2.24, 2.45) is 11.8 Å². The molecule has 1 aliphatic heterocycles. The van der Waals surface area contributed by atoms with Gasteiger partial charge in [-0.3, -0.25) is 48.2 Å². The number of aliphatic carboxylic acids is 4. The number of rotatable bonds is 26. The van der Waals surface area contributed by atoms with Gasteiger partial charge < -0.3 is 40.8 Å². The minimum atomic E-state index is -1.29. The molecule has 0 bridgehead atoms. The van der Waals surface area contributed by atoms with Gasteiger partial charge in [-0.2, -0.15) is 0 Å². The summed E-state index contributed by atoms with van der Waals surface area (Å²) in [5, 5.41) is 44.6. The molecule has 1 saturated carbocycles. The van der Waals surface area contributed by atoms with Gasteiger partial charge in [-0.05, 0) is 64.0 Å². The first-order chi connectivity index (χ1) is 28.5. The summed E-state index contributed by atoms with van der Waals surface area (Å²) in [6, 6.07) is 6.20. The van der Waals surface area contributed by atoms with Crippen LogP contribution in [0.15, 0.2) is 24.3 Å². The molecule has 20 heteroatoms. The summed E-state index contributed by atoms with van der Waals surface area (Å²) in [5.74, 6) is -8.75. The van der Waals surface area contributed by atoms with Crippen LogP contribution in [0.2, 0.25) is 0 Å². The molecule has 334 valence electrons. The maximum Gasteiger partial charge on any atom is 0.336 e. The number of unbranched alkanes of at least 4 members (excludes halogenated alkanes) is 1. The summed E-state index contributed by atoms with van der Waals surface area (Å²) in [5.41, 5.74) is 1.48. The van der Waals surface area contributed by atoms with Crippen molar-refractivity contribution in [1.29, 1.82) is 0 Å². The van der Waals surface area contributed by atoms with Crippen LogP contribution in [0, 0.1) is 18.8 Å². The van der Waals surface area contributed by atoms with Gasteiger partial charge in [0.15, 0.2) is 0 Å². The number of amides is 4. The van der Waals surface area contributed by atoms with Crippen LogP contribution in [-0.2, 0) is 43.2 Å². The molecule has 2 aliphatic rings. The van der Waals surface area contributed by atoms with Crippen LogP contribution in [0.3, 0.4) is 0 Å².